The first-order valence-electron chi connectivity index (χ1n) is 7.65. The number of hydrogen-bond donors (Lipinski definition) is 2. The summed E-state index contributed by atoms with van der Waals surface area (Å²) in [5.41, 5.74) is -0.905. The van der Waals surface area contributed by atoms with Crippen LogP contribution in [0, 0.1) is 3.57 Å². The Bertz CT molecular complexity index is 1040. The zero-order chi connectivity index (χ0) is 20.6. The van der Waals surface area contributed by atoms with Crippen LogP contribution in [0.5, 0.6) is 5.75 Å². The second kappa shape index (κ2) is 7.51. The van der Waals surface area contributed by atoms with Crippen molar-refractivity contribution < 1.29 is 27.9 Å². The number of hydrogen-bond acceptors (Lipinski definition) is 4. The molecule has 0 bridgehead atoms. The highest BCUT2D eigenvalue weighted by Gasteiger charge is 2.36. The molecule has 5 nitrogen and oxygen atoms in total. The zero-order valence-corrected chi connectivity index (χ0v) is 16.7. The molecule has 144 valence electrons. The van der Waals surface area contributed by atoms with Crippen LogP contribution in [-0.2, 0) is 15.8 Å². The Morgan fingerprint density at radius 2 is 1.86 bits per heavy atom. The van der Waals surface area contributed by atoms with Crippen LogP contribution in [0.2, 0.25) is 0 Å². The minimum absolute atomic E-state index is 0.0361. The van der Waals surface area contributed by atoms with Gasteiger partial charge in [0.15, 0.2) is 5.11 Å². The van der Waals surface area contributed by atoms with Crippen molar-refractivity contribution in [2.24, 2.45) is 0 Å². The van der Waals surface area contributed by atoms with Gasteiger partial charge in [0.25, 0.3) is 11.8 Å². The van der Waals surface area contributed by atoms with E-state index in [9.17, 15) is 27.9 Å². The second-order valence-corrected chi connectivity index (χ2v) is 7.27. The lowest BCUT2D eigenvalue weighted by molar-refractivity contribution is -0.137. The molecular weight excluding hydrogens is 508 g/mol. The number of rotatable bonds is 2. The molecule has 1 heterocycles. The van der Waals surface area contributed by atoms with Gasteiger partial charge in [-0.25, -0.2) is 0 Å². The standard InChI is InChI=1S/C18H10F3IN2O3S/c19-18(20,21)10-2-1-3-11(8-10)24-16(27)12(15(26)23-17(24)28)6-9-4-5-14(25)13(22)7-9/h1-8,25H,(H,23,26,28)/b12-6+. The summed E-state index contributed by atoms with van der Waals surface area (Å²) in [6.45, 7) is 0. The van der Waals surface area contributed by atoms with E-state index in [4.69, 9.17) is 12.2 Å². The molecule has 2 N–H and O–H groups in total. The van der Waals surface area contributed by atoms with Gasteiger partial charge in [0.2, 0.25) is 0 Å². The van der Waals surface area contributed by atoms with Gasteiger partial charge in [0.05, 0.1) is 14.8 Å². The molecule has 0 atom stereocenters. The van der Waals surface area contributed by atoms with Gasteiger partial charge in [-0.1, -0.05) is 12.1 Å². The predicted molar refractivity (Wildman–Crippen MR) is 108 cm³/mol. The van der Waals surface area contributed by atoms with Crippen molar-refractivity contribution in [1.82, 2.24) is 5.32 Å². The van der Waals surface area contributed by atoms with Crippen LogP contribution >= 0.6 is 34.8 Å². The number of halogens is 4. The van der Waals surface area contributed by atoms with Crippen molar-refractivity contribution in [2.75, 3.05) is 4.90 Å². The number of thiocarbonyl (C=S) groups is 1. The molecule has 0 unspecified atom stereocenters. The summed E-state index contributed by atoms with van der Waals surface area (Å²) in [6.07, 6.45) is -3.32. The van der Waals surface area contributed by atoms with E-state index in [1.165, 1.54) is 24.3 Å². The maximum Gasteiger partial charge on any atom is 0.416 e. The Morgan fingerprint density at radius 3 is 2.50 bits per heavy atom. The van der Waals surface area contributed by atoms with Crippen LogP contribution in [0.25, 0.3) is 6.08 Å². The van der Waals surface area contributed by atoms with E-state index in [-0.39, 0.29) is 22.1 Å². The summed E-state index contributed by atoms with van der Waals surface area (Å²) >= 11 is 6.87. The minimum Gasteiger partial charge on any atom is -0.507 e. The van der Waals surface area contributed by atoms with E-state index in [2.05, 4.69) is 5.32 Å². The average Bonchev–Trinajstić information content (AvgIpc) is 2.61. The van der Waals surface area contributed by atoms with Crippen LogP contribution in [0.1, 0.15) is 11.1 Å². The Balaban J connectivity index is 2.03. The molecular formula is C18H10F3IN2O3S. The van der Waals surface area contributed by atoms with E-state index in [0.29, 0.717) is 9.13 Å². The predicted octanol–water partition coefficient (Wildman–Crippen LogP) is 3.85. The van der Waals surface area contributed by atoms with Gasteiger partial charge in [0, 0.05) is 0 Å². The number of nitrogens with one attached hydrogen (secondary N) is 1. The van der Waals surface area contributed by atoms with Crippen molar-refractivity contribution in [3.05, 3.63) is 62.7 Å². The summed E-state index contributed by atoms with van der Waals surface area (Å²) < 4.78 is 39.5. The first kappa shape index (κ1) is 20.3. The lowest BCUT2D eigenvalue weighted by atomic mass is 10.1. The number of aromatic hydroxyl groups is 1. The van der Waals surface area contributed by atoms with Gasteiger partial charge in [-0.2, -0.15) is 13.2 Å². The number of amides is 2. The Morgan fingerprint density at radius 1 is 1.14 bits per heavy atom. The van der Waals surface area contributed by atoms with Crippen molar-refractivity contribution in [1.29, 1.82) is 0 Å². The molecule has 2 aromatic rings. The summed E-state index contributed by atoms with van der Waals surface area (Å²) in [5.74, 6) is -1.58. The van der Waals surface area contributed by atoms with Crippen molar-refractivity contribution >= 4 is 63.5 Å². The van der Waals surface area contributed by atoms with Crippen LogP contribution in [0.15, 0.2) is 48.0 Å². The topological polar surface area (TPSA) is 69.6 Å². The van der Waals surface area contributed by atoms with E-state index in [1.807, 2.05) is 22.6 Å². The highest BCUT2D eigenvalue weighted by atomic mass is 127. The van der Waals surface area contributed by atoms with Gasteiger partial charge in [-0.15, -0.1) is 0 Å². The fraction of sp³-hybridized carbons (Fsp3) is 0.0556. The van der Waals surface area contributed by atoms with Gasteiger partial charge in [0.1, 0.15) is 11.3 Å². The smallest absolute Gasteiger partial charge is 0.416 e. The van der Waals surface area contributed by atoms with Gasteiger partial charge < -0.3 is 5.11 Å². The number of carbonyl (C=O) groups is 2. The van der Waals surface area contributed by atoms with Crippen molar-refractivity contribution in [3.63, 3.8) is 0 Å². The molecule has 0 saturated carbocycles. The molecule has 1 aliphatic rings. The SMILES string of the molecule is O=C1NC(=S)N(c2cccc(C(F)(F)F)c2)C(=O)/C1=C/c1ccc(O)c(I)c1. The number of alkyl halides is 3. The van der Waals surface area contributed by atoms with Gasteiger partial charge >= 0.3 is 6.18 Å². The number of carbonyl (C=O) groups excluding carboxylic acids is 2. The number of nitrogens with zero attached hydrogens (tertiary/aromatic N) is 1. The van der Waals surface area contributed by atoms with E-state index in [0.717, 1.165) is 23.1 Å². The molecule has 1 aliphatic heterocycles. The second-order valence-electron chi connectivity index (χ2n) is 5.72. The average molecular weight is 518 g/mol. The highest BCUT2D eigenvalue weighted by molar-refractivity contribution is 14.1. The van der Waals surface area contributed by atoms with Crippen molar-refractivity contribution in [3.8, 4) is 5.75 Å². The summed E-state index contributed by atoms with van der Waals surface area (Å²) in [6, 6.07) is 8.53. The first-order valence-corrected chi connectivity index (χ1v) is 9.14. The normalized spacial score (nSPS) is 16.5. The number of phenolic OH excluding ortho intramolecular Hbond substituents is 1. The van der Waals surface area contributed by atoms with Crippen molar-refractivity contribution in [2.45, 2.75) is 6.18 Å². The first-order chi connectivity index (χ1) is 13.1. The quantitative estimate of drug-likeness (QED) is 0.275. The third-order valence-electron chi connectivity index (χ3n) is 3.82. The fourth-order valence-corrected chi connectivity index (χ4v) is 3.31. The van der Waals surface area contributed by atoms with Crippen LogP contribution in [0.4, 0.5) is 18.9 Å². The molecule has 0 aliphatic carbocycles. The number of anilines is 1. The van der Waals surface area contributed by atoms with Gasteiger partial charge in [-0.05, 0) is 76.8 Å². The van der Waals surface area contributed by atoms with E-state index < -0.39 is 23.6 Å². The molecule has 2 amide bonds. The largest absolute Gasteiger partial charge is 0.507 e. The Labute approximate surface area is 176 Å². The molecule has 0 radical (unpaired) electrons. The monoisotopic (exact) mass is 518 g/mol. The van der Waals surface area contributed by atoms with Crippen LogP contribution < -0.4 is 10.2 Å². The molecule has 0 aromatic heterocycles. The molecule has 0 spiro atoms. The molecule has 3 rings (SSSR count). The lowest BCUT2D eigenvalue weighted by Gasteiger charge is -2.29. The third kappa shape index (κ3) is 4.02. The van der Waals surface area contributed by atoms with Crippen LogP contribution in [0.3, 0.4) is 0 Å². The minimum atomic E-state index is -4.60. The molecule has 28 heavy (non-hydrogen) atoms. The van der Waals surface area contributed by atoms with Crippen LogP contribution in [-0.4, -0.2) is 22.0 Å². The molecule has 2 aromatic carbocycles. The Kier molecular flexibility index (Phi) is 5.44. The number of phenols is 1. The summed E-state index contributed by atoms with van der Waals surface area (Å²) in [5, 5.41) is 11.6. The Hall–Kier alpha value is -2.47. The van der Waals surface area contributed by atoms with E-state index >= 15 is 0 Å². The molecule has 1 fully saturated rings. The summed E-state index contributed by atoms with van der Waals surface area (Å²) in [4.78, 5) is 25.9. The third-order valence-corrected chi connectivity index (χ3v) is 4.96. The maximum absolute atomic E-state index is 13.0. The fourth-order valence-electron chi connectivity index (χ4n) is 2.49. The summed E-state index contributed by atoms with van der Waals surface area (Å²) in [7, 11) is 0. The number of benzene rings is 2. The zero-order valence-electron chi connectivity index (χ0n) is 13.7. The van der Waals surface area contributed by atoms with E-state index in [1.54, 1.807) is 6.07 Å². The molecule has 1 saturated heterocycles. The lowest BCUT2D eigenvalue weighted by Crippen LogP contribution is -2.54. The maximum atomic E-state index is 13.0. The van der Waals surface area contributed by atoms with Gasteiger partial charge in [-0.3, -0.25) is 19.8 Å². The molecule has 10 heteroatoms. The highest BCUT2D eigenvalue weighted by Crippen LogP contribution is 2.32.